The van der Waals surface area contributed by atoms with Gasteiger partial charge < -0.3 is 10.5 Å². The summed E-state index contributed by atoms with van der Waals surface area (Å²) >= 11 is 0. The molecule has 0 spiro atoms. The number of ether oxygens (including phenoxy) is 1. The molecule has 0 aromatic heterocycles. The Morgan fingerprint density at radius 2 is 2.05 bits per heavy atom. The molecule has 2 unspecified atom stereocenters. The molecule has 1 aliphatic rings. The average molecular weight is 312 g/mol. The molecule has 4 heteroatoms. The first kappa shape index (κ1) is 19.6. The molecule has 0 radical (unpaired) electrons. The SMILES string of the molecule is CCCC(NCCCC(CC)C(=O)CCC1(CN)CC1)OC. The number of nitrogens with two attached hydrogens (primary N) is 1. The molecule has 1 saturated carbocycles. The summed E-state index contributed by atoms with van der Waals surface area (Å²) in [5.41, 5.74) is 6.12. The third-order valence-corrected chi connectivity index (χ3v) is 5.18. The zero-order valence-corrected chi connectivity index (χ0v) is 14.8. The van der Waals surface area contributed by atoms with E-state index >= 15 is 0 Å². The zero-order chi connectivity index (χ0) is 16.4. The molecule has 0 bridgehead atoms. The minimum absolute atomic E-state index is 0.153. The van der Waals surface area contributed by atoms with Gasteiger partial charge in [0, 0.05) is 19.4 Å². The molecule has 1 aliphatic carbocycles. The normalized spacial score (nSPS) is 18.9. The van der Waals surface area contributed by atoms with E-state index in [0.717, 1.165) is 58.0 Å². The highest BCUT2D eigenvalue weighted by Gasteiger charge is 2.41. The van der Waals surface area contributed by atoms with Gasteiger partial charge in [-0.15, -0.1) is 0 Å². The summed E-state index contributed by atoms with van der Waals surface area (Å²) in [5.74, 6) is 0.668. The van der Waals surface area contributed by atoms with Crippen LogP contribution in [0.4, 0.5) is 0 Å². The van der Waals surface area contributed by atoms with Gasteiger partial charge in [0.1, 0.15) is 12.0 Å². The molecule has 0 aliphatic heterocycles. The third-order valence-electron chi connectivity index (χ3n) is 5.18. The largest absolute Gasteiger partial charge is 0.367 e. The average Bonchev–Trinajstić information content (AvgIpc) is 3.32. The predicted octanol–water partition coefficient (Wildman–Crippen LogP) is 3.24. The fourth-order valence-electron chi connectivity index (χ4n) is 3.10. The molecule has 0 saturated heterocycles. The first-order valence-corrected chi connectivity index (χ1v) is 9.09. The number of carbonyl (C=O) groups is 1. The minimum atomic E-state index is 0.153. The highest BCUT2D eigenvalue weighted by molar-refractivity contribution is 5.81. The Hall–Kier alpha value is -0.450. The van der Waals surface area contributed by atoms with Crippen LogP contribution in [0.2, 0.25) is 0 Å². The van der Waals surface area contributed by atoms with Crippen LogP contribution in [0.25, 0.3) is 0 Å². The van der Waals surface area contributed by atoms with E-state index in [9.17, 15) is 4.79 Å². The zero-order valence-electron chi connectivity index (χ0n) is 14.8. The summed E-state index contributed by atoms with van der Waals surface area (Å²) in [6.07, 6.45) is 9.44. The van der Waals surface area contributed by atoms with Crippen molar-refractivity contribution in [1.29, 1.82) is 0 Å². The quantitative estimate of drug-likeness (QED) is 0.382. The Balaban J connectivity index is 2.19. The van der Waals surface area contributed by atoms with Crippen LogP contribution in [0.15, 0.2) is 0 Å². The maximum atomic E-state index is 12.4. The first-order chi connectivity index (χ1) is 10.6. The van der Waals surface area contributed by atoms with E-state index in [-0.39, 0.29) is 12.1 Å². The summed E-state index contributed by atoms with van der Waals surface area (Å²) in [7, 11) is 1.75. The number of ketones is 1. The molecule has 3 N–H and O–H groups in total. The molecule has 0 aromatic rings. The predicted molar refractivity (Wildman–Crippen MR) is 91.7 cm³/mol. The fraction of sp³-hybridized carbons (Fsp3) is 0.944. The van der Waals surface area contributed by atoms with Crippen molar-refractivity contribution in [3.8, 4) is 0 Å². The van der Waals surface area contributed by atoms with Crippen molar-refractivity contribution >= 4 is 5.78 Å². The number of nitrogens with one attached hydrogen (secondary N) is 1. The van der Waals surface area contributed by atoms with Crippen LogP contribution < -0.4 is 11.1 Å². The highest BCUT2D eigenvalue weighted by atomic mass is 16.5. The van der Waals surface area contributed by atoms with Gasteiger partial charge in [-0.25, -0.2) is 0 Å². The Bertz CT molecular complexity index is 316. The highest BCUT2D eigenvalue weighted by Crippen LogP contribution is 2.48. The lowest BCUT2D eigenvalue weighted by molar-refractivity contribution is -0.123. The van der Waals surface area contributed by atoms with E-state index in [4.69, 9.17) is 10.5 Å². The van der Waals surface area contributed by atoms with Gasteiger partial charge in [-0.1, -0.05) is 20.3 Å². The molecule has 4 nitrogen and oxygen atoms in total. The van der Waals surface area contributed by atoms with E-state index in [2.05, 4.69) is 19.2 Å². The molecule has 1 fully saturated rings. The monoisotopic (exact) mass is 312 g/mol. The van der Waals surface area contributed by atoms with Gasteiger partial charge in [-0.05, 0) is 63.5 Å². The van der Waals surface area contributed by atoms with Crippen LogP contribution in [0.3, 0.4) is 0 Å². The Morgan fingerprint density at radius 1 is 1.32 bits per heavy atom. The molecule has 0 heterocycles. The van der Waals surface area contributed by atoms with Crippen molar-refractivity contribution in [3.63, 3.8) is 0 Å². The number of carbonyl (C=O) groups excluding carboxylic acids is 1. The molecule has 130 valence electrons. The molecular formula is C18H36N2O2. The van der Waals surface area contributed by atoms with E-state index in [1.807, 2.05) is 0 Å². The van der Waals surface area contributed by atoms with Crippen molar-refractivity contribution in [2.75, 3.05) is 20.2 Å². The minimum Gasteiger partial charge on any atom is -0.367 e. The molecular weight excluding hydrogens is 276 g/mol. The van der Waals surface area contributed by atoms with Gasteiger partial charge in [0.15, 0.2) is 0 Å². The van der Waals surface area contributed by atoms with Gasteiger partial charge in [-0.2, -0.15) is 0 Å². The van der Waals surface area contributed by atoms with E-state index in [0.29, 0.717) is 11.2 Å². The third kappa shape index (κ3) is 6.76. The lowest BCUT2D eigenvalue weighted by Gasteiger charge is -2.18. The van der Waals surface area contributed by atoms with Gasteiger partial charge in [-0.3, -0.25) is 10.1 Å². The number of hydrogen-bond donors (Lipinski definition) is 2. The second-order valence-electron chi connectivity index (χ2n) is 6.88. The molecule has 2 atom stereocenters. The number of hydrogen-bond acceptors (Lipinski definition) is 4. The van der Waals surface area contributed by atoms with Crippen LogP contribution in [0.5, 0.6) is 0 Å². The Morgan fingerprint density at radius 3 is 2.55 bits per heavy atom. The number of rotatable bonds is 14. The smallest absolute Gasteiger partial charge is 0.135 e. The fourth-order valence-corrected chi connectivity index (χ4v) is 3.10. The maximum Gasteiger partial charge on any atom is 0.135 e. The van der Waals surface area contributed by atoms with Crippen molar-refractivity contribution in [1.82, 2.24) is 5.32 Å². The van der Waals surface area contributed by atoms with Crippen LogP contribution >= 0.6 is 0 Å². The van der Waals surface area contributed by atoms with Gasteiger partial charge in [0.25, 0.3) is 0 Å². The van der Waals surface area contributed by atoms with Crippen LogP contribution in [0, 0.1) is 11.3 Å². The number of methoxy groups -OCH3 is 1. The Kier molecular flexibility index (Phi) is 9.22. The van der Waals surface area contributed by atoms with Gasteiger partial charge >= 0.3 is 0 Å². The van der Waals surface area contributed by atoms with Crippen LogP contribution in [-0.2, 0) is 9.53 Å². The maximum absolute atomic E-state index is 12.4. The van der Waals surface area contributed by atoms with E-state index < -0.39 is 0 Å². The summed E-state index contributed by atoms with van der Waals surface area (Å²) in [4.78, 5) is 12.4. The van der Waals surface area contributed by atoms with Crippen molar-refractivity contribution in [2.45, 2.75) is 77.9 Å². The molecule has 1 rings (SSSR count). The van der Waals surface area contributed by atoms with Gasteiger partial charge in [0.2, 0.25) is 0 Å². The lowest BCUT2D eigenvalue weighted by Crippen LogP contribution is -2.31. The van der Waals surface area contributed by atoms with Crippen molar-refractivity contribution in [2.24, 2.45) is 17.1 Å². The van der Waals surface area contributed by atoms with Gasteiger partial charge in [0.05, 0.1) is 0 Å². The number of Topliss-reactive ketones (excluding diaryl/α,β-unsaturated/α-hetero) is 1. The van der Waals surface area contributed by atoms with E-state index in [1.165, 1.54) is 12.8 Å². The first-order valence-electron chi connectivity index (χ1n) is 9.09. The second kappa shape index (κ2) is 10.3. The van der Waals surface area contributed by atoms with Crippen molar-refractivity contribution in [3.05, 3.63) is 0 Å². The summed E-state index contributed by atoms with van der Waals surface area (Å²) < 4.78 is 5.38. The van der Waals surface area contributed by atoms with E-state index in [1.54, 1.807) is 7.11 Å². The molecule has 0 amide bonds. The topological polar surface area (TPSA) is 64.4 Å². The standard InChI is InChI=1S/C18H36N2O2/c1-4-7-17(22-3)20-13-6-8-15(5-2)16(21)9-10-18(14-19)11-12-18/h15,17,20H,4-14,19H2,1-3H3. The summed E-state index contributed by atoms with van der Waals surface area (Å²) in [6.45, 7) is 5.96. The Labute approximate surface area is 136 Å². The van der Waals surface area contributed by atoms with Crippen LogP contribution in [0.1, 0.15) is 71.6 Å². The second-order valence-corrected chi connectivity index (χ2v) is 6.88. The summed E-state index contributed by atoms with van der Waals surface area (Å²) in [5, 5.41) is 3.41. The van der Waals surface area contributed by atoms with Crippen molar-refractivity contribution < 1.29 is 9.53 Å². The van der Waals surface area contributed by atoms with Crippen LogP contribution in [-0.4, -0.2) is 32.2 Å². The summed E-state index contributed by atoms with van der Waals surface area (Å²) in [6, 6.07) is 0. The molecule has 22 heavy (non-hydrogen) atoms. The lowest BCUT2D eigenvalue weighted by atomic mass is 9.89. The molecule has 0 aromatic carbocycles.